The van der Waals surface area contributed by atoms with Crippen LogP contribution in [0.4, 0.5) is 11.4 Å². The van der Waals surface area contributed by atoms with Crippen LogP contribution in [-0.2, 0) is 6.54 Å². The Morgan fingerprint density at radius 2 is 1.86 bits per heavy atom. The molecule has 0 unspecified atom stereocenters. The van der Waals surface area contributed by atoms with Gasteiger partial charge in [-0.15, -0.1) is 5.10 Å². The minimum Gasteiger partial charge on any atom is -0.370 e. The molecule has 0 radical (unpaired) electrons. The summed E-state index contributed by atoms with van der Waals surface area (Å²) in [5.41, 5.74) is 3.08. The van der Waals surface area contributed by atoms with Gasteiger partial charge in [-0.3, -0.25) is 4.79 Å². The number of nitrogens with one attached hydrogen (secondary N) is 1. The van der Waals surface area contributed by atoms with E-state index in [1.807, 2.05) is 42.5 Å². The van der Waals surface area contributed by atoms with Crippen LogP contribution in [0.5, 0.6) is 0 Å². The summed E-state index contributed by atoms with van der Waals surface area (Å²) in [6.07, 6.45) is 5.22. The predicted molar refractivity (Wildman–Crippen MR) is 111 cm³/mol. The van der Waals surface area contributed by atoms with Crippen LogP contribution in [0, 0.1) is 0 Å². The molecule has 0 aliphatic carbocycles. The first kappa shape index (κ1) is 18.5. The number of rotatable bonds is 5. The second-order valence-electron chi connectivity index (χ2n) is 6.95. The van der Waals surface area contributed by atoms with Crippen LogP contribution in [-0.4, -0.2) is 34.0 Å². The van der Waals surface area contributed by atoms with E-state index in [4.69, 9.17) is 11.6 Å². The van der Waals surface area contributed by atoms with Crippen LogP contribution in [0.1, 0.15) is 35.3 Å². The third kappa shape index (κ3) is 4.34. The fourth-order valence-electron chi connectivity index (χ4n) is 3.46. The van der Waals surface area contributed by atoms with Crippen molar-refractivity contribution in [1.29, 1.82) is 0 Å². The number of hydrogen-bond acceptors (Lipinski definition) is 4. The molecule has 0 bridgehead atoms. The number of anilines is 2. The maximum Gasteiger partial charge on any atom is 0.277 e. The standard InChI is InChI=1S/C21H22ClN5O/c22-17-9-10-20(26-11-5-2-6-12-26)18(13-17)23-21(28)19-15-27(25-24-19)14-16-7-3-1-4-8-16/h1,3-4,7-10,13,15H,2,5-6,11-12,14H2,(H,23,28). The van der Waals surface area contributed by atoms with Crippen molar-refractivity contribution in [2.24, 2.45) is 0 Å². The van der Waals surface area contributed by atoms with E-state index in [-0.39, 0.29) is 11.6 Å². The third-order valence-corrected chi connectivity index (χ3v) is 5.10. The predicted octanol–water partition coefficient (Wildman–Crippen LogP) is 4.22. The van der Waals surface area contributed by atoms with Gasteiger partial charge in [0.05, 0.1) is 24.1 Å². The second kappa shape index (κ2) is 8.44. The van der Waals surface area contributed by atoms with Gasteiger partial charge < -0.3 is 10.2 Å². The normalized spacial score (nSPS) is 14.1. The van der Waals surface area contributed by atoms with E-state index in [0.29, 0.717) is 17.3 Å². The van der Waals surface area contributed by atoms with E-state index in [0.717, 1.165) is 37.2 Å². The van der Waals surface area contributed by atoms with Gasteiger partial charge in [0.25, 0.3) is 5.91 Å². The number of aromatic nitrogens is 3. The van der Waals surface area contributed by atoms with E-state index in [1.54, 1.807) is 16.9 Å². The molecule has 0 saturated carbocycles. The summed E-state index contributed by atoms with van der Waals surface area (Å²) in [5, 5.41) is 11.6. The van der Waals surface area contributed by atoms with Crippen molar-refractivity contribution in [2.45, 2.75) is 25.8 Å². The highest BCUT2D eigenvalue weighted by Crippen LogP contribution is 2.31. The zero-order chi connectivity index (χ0) is 19.3. The summed E-state index contributed by atoms with van der Waals surface area (Å²) in [6.45, 7) is 2.53. The number of carbonyl (C=O) groups excluding carboxylic acids is 1. The molecule has 28 heavy (non-hydrogen) atoms. The minimum absolute atomic E-state index is 0.278. The fourth-order valence-corrected chi connectivity index (χ4v) is 3.63. The largest absolute Gasteiger partial charge is 0.370 e. The van der Waals surface area contributed by atoms with Crippen LogP contribution in [0.3, 0.4) is 0 Å². The monoisotopic (exact) mass is 395 g/mol. The molecule has 2 heterocycles. The Hall–Kier alpha value is -2.86. The summed E-state index contributed by atoms with van der Waals surface area (Å²) in [4.78, 5) is 15.0. The average molecular weight is 396 g/mol. The first-order chi connectivity index (χ1) is 13.7. The van der Waals surface area contributed by atoms with E-state index < -0.39 is 0 Å². The van der Waals surface area contributed by atoms with Gasteiger partial charge in [0.15, 0.2) is 5.69 Å². The van der Waals surface area contributed by atoms with Crippen molar-refractivity contribution in [3.05, 3.63) is 71.0 Å². The molecular weight excluding hydrogens is 374 g/mol. The fraction of sp³-hybridized carbons (Fsp3) is 0.286. The summed E-state index contributed by atoms with van der Waals surface area (Å²) in [7, 11) is 0. The van der Waals surface area contributed by atoms with E-state index in [2.05, 4.69) is 20.5 Å². The number of carbonyl (C=O) groups is 1. The lowest BCUT2D eigenvalue weighted by Crippen LogP contribution is -2.30. The van der Waals surface area contributed by atoms with Gasteiger partial charge in [0.2, 0.25) is 0 Å². The maximum absolute atomic E-state index is 12.7. The van der Waals surface area contributed by atoms with E-state index in [1.165, 1.54) is 6.42 Å². The van der Waals surface area contributed by atoms with Crippen LogP contribution in [0.15, 0.2) is 54.7 Å². The summed E-state index contributed by atoms with van der Waals surface area (Å²) in [5.74, 6) is -0.292. The first-order valence-corrected chi connectivity index (χ1v) is 9.87. The lowest BCUT2D eigenvalue weighted by molar-refractivity contribution is 0.102. The smallest absolute Gasteiger partial charge is 0.277 e. The van der Waals surface area contributed by atoms with Gasteiger partial charge in [0, 0.05) is 18.1 Å². The quantitative estimate of drug-likeness (QED) is 0.702. The van der Waals surface area contributed by atoms with Crippen molar-refractivity contribution in [3.8, 4) is 0 Å². The van der Waals surface area contributed by atoms with Crippen molar-refractivity contribution < 1.29 is 4.79 Å². The summed E-state index contributed by atoms with van der Waals surface area (Å²) >= 11 is 6.18. The highest BCUT2D eigenvalue weighted by molar-refractivity contribution is 6.31. The van der Waals surface area contributed by atoms with Gasteiger partial charge in [-0.2, -0.15) is 0 Å². The van der Waals surface area contributed by atoms with Gasteiger partial charge >= 0.3 is 0 Å². The van der Waals surface area contributed by atoms with Crippen LogP contribution < -0.4 is 10.2 Å². The molecule has 4 rings (SSSR count). The minimum atomic E-state index is -0.292. The summed E-state index contributed by atoms with van der Waals surface area (Å²) in [6, 6.07) is 15.6. The Labute approximate surface area is 169 Å². The van der Waals surface area contributed by atoms with Crippen molar-refractivity contribution in [1.82, 2.24) is 15.0 Å². The number of hydrogen-bond donors (Lipinski definition) is 1. The molecule has 1 aliphatic heterocycles. The Morgan fingerprint density at radius 1 is 1.07 bits per heavy atom. The molecule has 1 fully saturated rings. The zero-order valence-electron chi connectivity index (χ0n) is 15.5. The SMILES string of the molecule is O=C(Nc1cc(Cl)ccc1N1CCCCC1)c1cn(Cc2ccccc2)nn1. The van der Waals surface area contributed by atoms with E-state index in [9.17, 15) is 4.79 Å². The Morgan fingerprint density at radius 3 is 2.64 bits per heavy atom. The van der Waals surface area contributed by atoms with E-state index >= 15 is 0 Å². The Bertz CT molecular complexity index is 950. The maximum atomic E-state index is 12.7. The second-order valence-corrected chi connectivity index (χ2v) is 7.39. The van der Waals surface area contributed by atoms with Gasteiger partial charge in [-0.05, 0) is 43.0 Å². The molecule has 1 amide bonds. The Kier molecular flexibility index (Phi) is 5.58. The molecule has 7 heteroatoms. The first-order valence-electron chi connectivity index (χ1n) is 9.49. The van der Waals surface area contributed by atoms with Crippen molar-refractivity contribution in [3.63, 3.8) is 0 Å². The molecule has 2 aromatic carbocycles. The molecule has 1 N–H and O–H groups in total. The van der Waals surface area contributed by atoms with Crippen LogP contribution >= 0.6 is 11.6 Å². The molecule has 6 nitrogen and oxygen atoms in total. The molecule has 1 saturated heterocycles. The molecule has 144 valence electrons. The molecule has 3 aromatic rings. The lowest BCUT2D eigenvalue weighted by atomic mass is 10.1. The van der Waals surface area contributed by atoms with Crippen LogP contribution in [0.2, 0.25) is 5.02 Å². The topological polar surface area (TPSA) is 63.1 Å². The lowest BCUT2D eigenvalue weighted by Gasteiger charge is -2.30. The summed E-state index contributed by atoms with van der Waals surface area (Å²) < 4.78 is 1.66. The van der Waals surface area contributed by atoms with Gasteiger partial charge in [-0.25, -0.2) is 4.68 Å². The highest BCUT2D eigenvalue weighted by atomic mass is 35.5. The highest BCUT2D eigenvalue weighted by Gasteiger charge is 2.18. The van der Waals surface area contributed by atoms with Gasteiger partial charge in [-0.1, -0.05) is 47.1 Å². The third-order valence-electron chi connectivity index (χ3n) is 4.86. The van der Waals surface area contributed by atoms with Crippen molar-refractivity contribution in [2.75, 3.05) is 23.3 Å². The molecule has 1 aliphatic rings. The number of piperidine rings is 1. The number of halogens is 1. The van der Waals surface area contributed by atoms with Crippen molar-refractivity contribution >= 4 is 28.9 Å². The average Bonchev–Trinajstić information content (AvgIpc) is 3.18. The molecule has 1 aromatic heterocycles. The van der Waals surface area contributed by atoms with Crippen LogP contribution in [0.25, 0.3) is 0 Å². The molecular formula is C21H22ClN5O. The number of amides is 1. The zero-order valence-corrected chi connectivity index (χ0v) is 16.3. The molecule has 0 atom stereocenters. The number of nitrogens with zero attached hydrogens (tertiary/aromatic N) is 4. The Balaban J connectivity index is 1.50. The van der Waals surface area contributed by atoms with Gasteiger partial charge in [0.1, 0.15) is 0 Å². The number of benzene rings is 2. The molecule has 0 spiro atoms.